The number of para-hydroxylation sites is 1. The molecule has 6 heteroatoms. The molecule has 2 saturated heterocycles. The number of aromatic nitrogens is 1. The van der Waals surface area contributed by atoms with Crippen LogP contribution in [-0.4, -0.2) is 53.3 Å². The number of hydrogen-bond acceptors (Lipinski definition) is 4. The summed E-state index contributed by atoms with van der Waals surface area (Å²) in [5.74, 6) is 0.359. The first kappa shape index (κ1) is 15.6. The van der Waals surface area contributed by atoms with Crippen molar-refractivity contribution in [2.24, 2.45) is 5.92 Å². The molecule has 0 unspecified atom stereocenters. The third kappa shape index (κ3) is 2.79. The monoisotopic (exact) mass is 343 g/mol. The Morgan fingerprint density at radius 3 is 2.88 bits per heavy atom. The molecule has 2 amide bonds. The van der Waals surface area contributed by atoms with Gasteiger partial charge in [0, 0.05) is 39.0 Å². The maximum Gasteiger partial charge on any atom is 0.228 e. The number of benzene rings is 1. The van der Waals surface area contributed by atoms with E-state index in [9.17, 15) is 9.59 Å². The van der Waals surface area contributed by atoms with E-state index in [1.807, 2.05) is 23.1 Å². The van der Waals surface area contributed by atoms with Crippen LogP contribution in [0.25, 0.3) is 10.2 Å². The predicted octanol–water partition coefficient (Wildman–Crippen LogP) is 2.48. The number of thiazole rings is 1. The largest absolute Gasteiger partial charge is 0.345 e. The first-order valence-corrected chi connectivity index (χ1v) is 9.31. The number of hydrogen-bond donors (Lipinski definition) is 0. The lowest BCUT2D eigenvalue weighted by molar-refractivity contribution is -0.137. The quantitative estimate of drug-likeness (QED) is 0.842. The van der Waals surface area contributed by atoms with Crippen LogP contribution in [0, 0.1) is 5.92 Å². The minimum Gasteiger partial charge on any atom is -0.345 e. The summed E-state index contributed by atoms with van der Waals surface area (Å²) in [7, 11) is 1.77. The Balaban J connectivity index is 1.49. The van der Waals surface area contributed by atoms with Crippen molar-refractivity contribution in [1.82, 2.24) is 14.8 Å². The summed E-state index contributed by atoms with van der Waals surface area (Å²) in [5, 5.41) is 1.13. The number of carbonyl (C=O) groups is 2. The third-order valence-electron chi connectivity index (χ3n) is 5.08. The summed E-state index contributed by atoms with van der Waals surface area (Å²) >= 11 is 1.74. The molecule has 3 heterocycles. The molecule has 0 radical (unpaired) electrons. The van der Waals surface area contributed by atoms with Gasteiger partial charge >= 0.3 is 0 Å². The highest BCUT2D eigenvalue weighted by atomic mass is 32.1. The molecule has 2 fully saturated rings. The maximum absolute atomic E-state index is 12.8. The van der Waals surface area contributed by atoms with E-state index in [0.29, 0.717) is 18.9 Å². The van der Waals surface area contributed by atoms with Gasteiger partial charge in [-0.1, -0.05) is 12.1 Å². The third-order valence-corrected chi connectivity index (χ3v) is 6.28. The van der Waals surface area contributed by atoms with E-state index in [4.69, 9.17) is 4.98 Å². The van der Waals surface area contributed by atoms with Crippen molar-refractivity contribution < 1.29 is 9.59 Å². The van der Waals surface area contributed by atoms with E-state index >= 15 is 0 Å². The van der Waals surface area contributed by atoms with Gasteiger partial charge in [-0.25, -0.2) is 4.98 Å². The van der Waals surface area contributed by atoms with E-state index in [0.717, 1.165) is 36.5 Å². The van der Waals surface area contributed by atoms with Gasteiger partial charge in [0.1, 0.15) is 0 Å². The van der Waals surface area contributed by atoms with Crippen molar-refractivity contribution in [2.45, 2.75) is 25.2 Å². The lowest BCUT2D eigenvalue weighted by atomic mass is 9.96. The van der Waals surface area contributed by atoms with Crippen LogP contribution < -0.4 is 0 Å². The van der Waals surface area contributed by atoms with Gasteiger partial charge in [-0.05, 0) is 25.0 Å². The van der Waals surface area contributed by atoms with E-state index in [-0.39, 0.29) is 17.7 Å². The van der Waals surface area contributed by atoms with Crippen molar-refractivity contribution in [3.05, 3.63) is 29.3 Å². The number of nitrogens with zero attached hydrogens (tertiary/aromatic N) is 3. The molecule has 0 bridgehead atoms. The van der Waals surface area contributed by atoms with Crippen LogP contribution in [0.5, 0.6) is 0 Å². The Morgan fingerprint density at radius 1 is 1.29 bits per heavy atom. The van der Waals surface area contributed by atoms with Crippen LogP contribution >= 0.6 is 11.3 Å². The van der Waals surface area contributed by atoms with Crippen molar-refractivity contribution >= 4 is 33.4 Å². The van der Waals surface area contributed by atoms with Gasteiger partial charge in [0.15, 0.2) is 0 Å². The number of fused-ring (bicyclic) bond motifs is 1. The average Bonchev–Trinajstić information content (AvgIpc) is 3.18. The second-order valence-corrected chi connectivity index (χ2v) is 7.88. The Hall–Kier alpha value is -1.95. The van der Waals surface area contributed by atoms with Crippen molar-refractivity contribution in [2.75, 3.05) is 26.7 Å². The van der Waals surface area contributed by atoms with Gasteiger partial charge in [0.2, 0.25) is 11.8 Å². The number of carbonyl (C=O) groups excluding carboxylic acids is 2. The average molecular weight is 343 g/mol. The topological polar surface area (TPSA) is 53.5 Å². The van der Waals surface area contributed by atoms with E-state index < -0.39 is 0 Å². The molecule has 2 atom stereocenters. The molecule has 24 heavy (non-hydrogen) atoms. The highest BCUT2D eigenvalue weighted by molar-refractivity contribution is 7.18. The van der Waals surface area contributed by atoms with Crippen LogP contribution in [0.4, 0.5) is 0 Å². The minimum absolute atomic E-state index is 0.0769. The maximum atomic E-state index is 12.8. The van der Waals surface area contributed by atoms with E-state index in [1.165, 1.54) is 4.70 Å². The molecule has 5 nitrogen and oxygen atoms in total. The molecular formula is C18H21N3O2S. The number of likely N-dealkylation sites (tertiary alicyclic amines) is 2. The van der Waals surface area contributed by atoms with Crippen LogP contribution in [-0.2, 0) is 9.59 Å². The Bertz CT molecular complexity index is 754. The van der Waals surface area contributed by atoms with Crippen LogP contribution in [0.3, 0.4) is 0 Å². The fraction of sp³-hybridized carbons (Fsp3) is 0.500. The summed E-state index contributed by atoms with van der Waals surface area (Å²) in [5.41, 5.74) is 1.05. The van der Waals surface area contributed by atoms with Crippen LogP contribution in [0.15, 0.2) is 24.3 Å². The Labute approximate surface area is 145 Å². The lowest BCUT2D eigenvalue weighted by Crippen LogP contribution is -2.42. The number of piperidine rings is 1. The van der Waals surface area contributed by atoms with Gasteiger partial charge in [-0.3, -0.25) is 9.59 Å². The highest BCUT2D eigenvalue weighted by Crippen LogP contribution is 2.33. The van der Waals surface area contributed by atoms with E-state index in [1.54, 1.807) is 23.3 Å². The van der Waals surface area contributed by atoms with Gasteiger partial charge in [-0.2, -0.15) is 0 Å². The normalized spacial score (nSPS) is 24.8. The zero-order valence-corrected chi connectivity index (χ0v) is 14.6. The van der Waals surface area contributed by atoms with Gasteiger partial charge in [0.25, 0.3) is 0 Å². The molecule has 0 spiro atoms. The second kappa shape index (κ2) is 6.16. The molecule has 0 N–H and O–H groups in total. The van der Waals surface area contributed by atoms with Crippen molar-refractivity contribution in [3.8, 4) is 0 Å². The summed E-state index contributed by atoms with van der Waals surface area (Å²) in [4.78, 5) is 32.9. The number of rotatable bonds is 2. The first-order valence-electron chi connectivity index (χ1n) is 8.50. The molecule has 126 valence electrons. The Morgan fingerprint density at radius 2 is 2.12 bits per heavy atom. The molecule has 0 saturated carbocycles. The zero-order valence-electron chi connectivity index (χ0n) is 13.8. The molecule has 0 aliphatic carbocycles. The van der Waals surface area contributed by atoms with E-state index in [2.05, 4.69) is 6.07 Å². The zero-order chi connectivity index (χ0) is 16.7. The molecular weight excluding hydrogens is 322 g/mol. The summed E-state index contributed by atoms with van der Waals surface area (Å²) in [6, 6.07) is 8.19. The predicted molar refractivity (Wildman–Crippen MR) is 93.9 cm³/mol. The van der Waals surface area contributed by atoms with Crippen molar-refractivity contribution in [1.29, 1.82) is 0 Å². The molecule has 1 aromatic heterocycles. The first-order chi connectivity index (χ1) is 11.6. The van der Waals surface area contributed by atoms with Crippen molar-refractivity contribution in [3.63, 3.8) is 0 Å². The van der Waals surface area contributed by atoms with Gasteiger partial charge in [-0.15, -0.1) is 11.3 Å². The lowest BCUT2D eigenvalue weighted by Gasteiger charge is -2.33. The van der Waals surface area contributed by atoms with Gasteiger partial charge < -0.3 is 9.80 Å². The molecule has 2 aromatic rings. The second-order valence-electron chi connectivity index (χ2n) is 6.82. The highest BCUT2D eigenvalue weighted by Gasteiger charge is 2.36. The summed E-state index contributed by atoms with van der Waals surface area (Å²) in [6.45, 7) is 2.08. The van der Waals surface area contributed by atoms with Crippen LogP contribution in [0.2, 0.25) is 0 Å². The van der Waals surface area contributed by atoms with Gasteiger partial charge in [0.05, 0.1) is 21.1 Å². The minimum atomic E-state index is -0.170. The molecule has 2 aliphatic heterocycles. The fourth-order valence-corrected chi connectivity index (χ4v) is 4.82. The SMILES string of the molecule is CN1C[C@H](C(=O)N2CCC[C@H](c3nc4ccccc4s3)C2)CC1=O. The summed E-state index contributed by atoms with van der Waals surface area (Å²) in [6.07, 6.45) is 2.44. The molecule has 1 aromatic carbocycles. The smallest absolute Gasteiger partial charge is 0.228 e. The number of amides is 2. The summed E-state index contributed by atoms with van der Waals surface area (Å²) < 4.78 is 1.21. The fourth-order valence-electron chi connectivity index (χ4n) is 3.73. The molecule has 2 aliphatic rings. The molecule has 4 rings (SSSR count). The van der Waals surface area contributed by atoms with Crippen LogP contribution in [0.1, 0.15) is 30.2 Å². The Kier molecular flexibility index (Phi) is 4.00. The standard InChI is InChI=1S/C18H21N3O2S/c1-20-10-13(9-16(20)22)18(23)21-8-4-5-12(11-21)17-19-14-6-2-3-7-15(14)24-17/h2-3,6-7,12-13H,4-5,8-11H2,1H3/t12-,13+/m0/s1.